The van der Waals surface area contributed by atoms with Crippen molar-refractivity contribution in [2.45, 2.75) is 37.2 Å². The van der Waals surface area contributed by atoms with Gasteiger partial charge in [0.25, 0.3) is 0 Å². The van der Waals surface area contributed by atoms with Crippen molar-refractivity contribution in [3.05, 3.63) is 59.9 Å². The minimum atomic E-state index is -3.47. The summed E-state index contributed by atoms with van der Waals surface area (Å²) in [6.07, 6.45) is 1.77. The fraction of sp³-hybridized carbons (Fsp3) is 0.381. The summed E-state index contributed by atoms with van der Waals surface area (Å²) in [6.45, 7) is 3.30. The molecule has 8 heteroatoms. The maximum absolute atomic E-state index is 13.3. The minimum absolute atomic E-state index is 0.223. The first-order valence-electron chi connectivity index (χ1n) is 9.63. The molecule has 1 fully saturated rings. The fourth-order valence-corrected chi connectivity index (χ4v) is 4.81. The number of benzene rings is 2. The number of hydrogen-bond acceptors (Lipinski definition) is 4. The van der Waals surface area contributed by atoms with Crippen LogP contribution in [0.1, 0.15) is 25.3 Å². The van der Waals surface area contributed by atoms with E-state index >= 15 is 0 Å². The highest BCUT2D eigenvalue weighted by atomic mass is 32.2. The van der Waals surface area contributed by atoms with Crippen molar-refractivity contribution in [3.8, 4) is 0 Å². The van der Waals surface area contributed by atoms with Crippen molar-refractivity contribution in [3.63, 3.8) is 0 Å². The fourth-order valence-electron chi connectivity index (χ4n) is 3.29. The molecule has 2 aromatic rings. The Hall–Kier alpha value is -2.29. The molecule has 0 spiro atoms. The van der Waals surface area contributed by atoms with Gasteiger partial charge in [-0.05, 0) is 68.8 Å². The first-order valence-corrected chi connectivity index (χ1v) is 11.1. The summed E-state index contributed by atoms with van der Waals surface area (Å²) >= 11 is 0. The van der Waals surface area contributed by atoms with Gasteiger partial charge in [0.15, 0.2) is 0 Å². The Balaban J connectivity index is 1.61. The van der Waals surface area contributed by atoms with E-state index in [1.54, 1.807) is 32.2 Å². The van der Waals surface area contributed by atoms with Gasteiger partial charge in [-0.1, -0.05) is 12.1 Å². The smallest absolute Gasteiger partial charge is 0.243 e. The molecule has 1 heterocycles. The quantitative estimate of drug-likeness (QED) is 0.749. The van der Waals surface area contributed by atoms with Gasteiger partial charge in [0, 0.05) is 25.3 Å². The van der Waals surface area contributed by atoms with Gasteiger partial charge in [0.05, 0.1) is 10.9 Å². The van der Waals surface area contributed by atoms with E-state index in [4.69, 9.17) is 0 Å². The zero-order chi connectivity index (χ0) is 21.0. The second kappa shape index (κ2) is 9.02. The molecular weight excluding hydrogens is 393 g/mol. The molecule has 1 atom stereocenters. The van der Waals surface area contributed by atoms with E-state index in [0.717, 1.165) is 18.4 Å². The van der Waals surface area contributed by atoms with Crippen LogP contribution in [0, 0.1) is 5.82 Å². The summed E-state index contributed by atoms with van der Waals surface area (Å²) in [6, 6.07) is 12.1. The molecule has 156 valence electrons. The van der Waals surface area contributed by atoms with Crippen LogP contribution in [-0.4, -0.2) is 49.7 Å². The van der Waals surface area contributed by atoms with Gasteiger partial charge >= 0.3 is 0 Å². The number of halogens is 1. The number of sulfonamides is 1. The Morgan fingerprint density at radius 2 is 1.83 bits per heavy atom. The van der Waals surface area contributed by atoms with Crippen LogP contribution in [0.4, 0.5) is 10.1 Å². The number of carbonyl (C=O) groups is 1. The van der Waals surface area contributed by atoms with Crippen molar-refractivity contribution in [2.24, 2.45) is 0 Å². The summed E-state index contributed by atoms with van der Waals surface area (Å²) in [4.78, 5) is 14.6. The highest BCUT2D eigenvalue weighted by Crippen LogP contribution is 2.22. The lowest BCUT2D eigenvalue weighted by molar-refractivity contribution is -0.120. The Labute approximate surface area is 171 Å². The third kappa shape index (κ3) is 5.20. The standard InChI is InChI=1S/C21H26FN3O3S/c1-16(24(2)15-17-6-5-7-18(22)14-17)21(26)23-19-8-10-20(11-9-19)29(27,28)25-12-3-4-13-25/h5-11,14,16H,3-4,12-13,15H2,1-2H3,(H,23,26)/t16-/m0/s1. The summed E-state index contributed by atoms with van der Waals surface area (Å²) in [5.41, 5.74) is 1.31. The van der Waals surface area contributed by atoms with Crippen LogP contribution in [0.5, 0.6) is 0 Å². The van der Waals surface area contributed by atoms with Gasteiger partial charge in [0.1, 0.15) is 5.82 Å². The lowest BCUT2D eigenvalue weighted by atomic mass is 10.2. The molecular formula is C21H26FN3O3S. The molecule has 1 saturated heterocycles. The van der Waals surface area contributed by atoms with E-state index in [9.17, 15) is 17.6 Å². The minimum Gasteiger partial charge on any atom is -0.325 e. The van der Waals surface area contributed by atoms with Gasteiger partial charge < -0.3 is 5.32 Å². The zero-order valence-electron chi connectivity index (χ0n) is 16.6. The van der Waals surface area contributed by atoms with Gasteiger partial charge in [-0.25, -0.2) is 12.8 Å². The molecule has 0 aliphatic carbocycles. The Bertz CT molecular complexity index is 957. The van der Waals surface area contributed by atoms with Crippen LogP contribution in [0.3, 0.4) is 0 Å². The second-order valence-electron chi connectivity index (χ2n) is 7.35. The second-order valence-corrected chi connectivity index (χ2v) is 9.28. The molecule has 1 aliphatic rings. The molecule has 1 aliphatic heterocycles. The van der Waals surface area contributed by atoms with Gasteiger partial charge in [-0.15, -0.1) is 0 Å². The predicted molar refractivity (Wildman–Crippen MR) is 110 cm³/mol. The third-order valence-corrected chi connectivity index (χ3v) is 7.10. The van der Waals surface area contributed by atoms with Gasteiger partial charge in [-0.2, -0.15) is 4.31 Å². The van der Waals surface area contributed by atoms with Crippen LogP contribution in [0.25, 0.3) is 0 Å². The number of nitrogens with zero attached hydrogens (tertiary/aromatic N) is 2. The largest absolute Gasteiger partial charge is 0.325 e. The Morgan fingerprint density at radius 1 is 1.17 bits per heavy atom. The molecule has 0 aromatic heterocycles. The van der Waals surface area contributed by atoms with E-state index in [2.05, 4.69) is 5.32 Å². The maximum Gasteiger partial charge on any atom is 0.243 e. The van der Waals surface area contributed by atoms with E-state index in [1.807, 2.05) is 11.0 Å². The normalized spacial score (nSPS) is 16.1. The van der Waals surface area contributed by atoms with Crippen LogP contribution in [0.15, 0.2) is 53.4 Å². The van der Waals surface area contributed by atoms with Gasteiger partial charge in [-0.3, -0.25) is 9.69 Å². The number of carbonyl (C=O) groups excluding carboxylic acids is 1. The molecule has 0 radical (unpaired) electrons. The van der Waals surface area contributed by atoms with Crippen molar-refractivity contribution in [1.29, 1.82) is 0 Å². The number of rotatable bonds is 7. The molecule has 0 unspecified atom stereocenters. The highest BCUT2D eigenvalue weighted by molar-refractivity contribution is 7.89. The van der Waals surface area contributed by atoms with E-state index in [1.165, 1.54) is 28.6 Å². The number of hydrogen-bond donors (Lipinski definition) is 1. The molecule has 3 rings (SSSR count). The van der Waals surface area contributed by atoms with E-state index < -0.39 is 16.1 Å². The van der Waals surface area contributed by atoms with Crippen molar-refractivity contribution >= 4 is 21.6 Å². The zero-order valence-corrected chi connectivity index (χ0v) is 17.5. The summed E-state index contributed by atoms with van der Waals surface area (Å²) in [5, 5.41) is 2.80. The van der Waals surface area contributed by atoms with Crippen molar-refractivity contribution in [2.75, 3.05) is 25.5 Å². The van der Waals surface area contributed by atoms with E-state index in [0.29, 0.717) is 25.3 Å². The molecule has 0 saturated carbocycles. The average molecular weight is 420 g/mol. The SMILES string of the molecule is C[C@@H](C(=O)Nc1ccc(S(=O)(=O)N2CCCC2)cc1)N(C)Cc1cccc(F)c1. The number of anilines is 1. The summed E-state index contributed by atoms with van der Waals surface area (Å²) in [5.74, 6) is -0.531. The topological polar surface area (TPSA) is 69.7 Å². The number of amides is 1. The van der Waals surface area contributed by atoms with Crippen molar-refractivity contribution < 1.29 is 17.6 Å². The monoisotopic (exact) mass is 419 g/mol. The maximum atomic E-state index is 13.3. The molecule has 1 N–H and O–H groups in total. The van der Waals surface area contributed by atoms with Crippen LogP contribution in [0.2, 0.25) is 0 Å². The summed E-state index contributed by atoms with van der Waals surface area (Å²) < 4.78 is 40.0. The van der Waals surface area contributed by atoms with Crippen LogP contribution >= 0.6 is 0 Å². The molecule has 6 nitrogen and oxygen atoms in total. The third-order valence-electron chi connectivity index (χ3n) is 5.19. The molecule has 0 bridgehead atoms. The Morgan fingerprint density at radius 3 is 2.45 bits per heavy atom. The first-order chi connectivity index (χ1) is 13.8. The van der Waals surface area contributed by atoms with Gasteiger partial charge in [0.2, 0.25) is 15.9 Å². The Kier molecular flexibility index (Phi) is 6.66. The lowest BCUT2D eigenvalue weighted by Gasteiger charge is -2.24. The van der Waals surface area contributed by atoms with Crippen molar-refractivity contribution in [1.82, 2.24) is 9.21 Å². The lowest BCUT2D eigenvalue weighted by Crippen LogP contribution is -2.39. The molecule has 29 heavy (non-hydrogen) atoms. The first kappa shape index (κ1) is 21.4. The molecule has 2 aromatic carbocycles. The predicted octanol–water partition coefficient (Wildman–Crippen LogP) is 3.07. The molecule has 1 amide bonds. The van der Waals surface area contributed by atoms with E-state index in [-0.39, 0.29) is 16.6 Å². The highest BCUT2D eigenvalue weighted by Gasteiger charge is 2.27. The van der Waals surface area contributed by atoms with Crippen LogP contribution < -0.4 is 5.32 Å². The average Bonchev–Trinajstić information content (AvgIpc) is 3.23. The van der Waals surface area contributed by atoms with Crippen LogP contribution in [-0.2, 0) is 21.4 Å². The number of nitrogens with one attached hydrogen (secondary N) is 1. The number of likely N-dealkylation sites (N-methyl/N-ethyl adjacent to an activating group) is 1. The summed E-state index contributed by atoms with van der Waals surface area (Å²) in [7, 11) is -1.68.